The summed E-state index contributed by atoms with van der Waals surface area (Å²) >= 11 is 0. The fraction of sp³-hybridized carbons (Fsp3) is 0.754. The van der Waals surface area contributed by atoms with Crippen LogP contribution in [0.2, 0.25) is 0 Å². The van der Waals surface area contributed by atoms with Crippen LogP contribution in [-0.2, 0) is 23.8 Å². The maximum Gasteiger partial charge on any atom is 0.306 e. The van der Waals surface area contributed by atoms with Crippen molar-refractivity contribution in [3.8, 4) is 0 Å². The van der Waals surface area contributed by atoms with Gasteiger partial charge in [0.15, 0.2) is 6.10 Å². The van der Waals surface area contributed by atoms with E-state index in [1.165, 1.54) is 122 Å². The van der Waals surface area contributed by atoms with Crippen molar-refractivity contribution in [2.75, 3.05) is 19.8 Å². The van der Waals surface area contributed by atoms with Gasteiger partial charge in [-0.05, 0) is 83.5 Å². The van der Waals surface area contributed by atoms with Gasteiger partial charge in [0.2, 0.25) is 0 Å². The Hall–Kier alpha value is -2.66. The summed E-state index contributed by atoms with van der Waals surface area (Å²) in [4.78, 5) is 25.4. The van der Waals surface area contributed by atoms with E-state index in [0.717, 1.165) is 96.3 Å². The fourth-order valence-electron chi connectivity index (χ4n) is 7.30. The van der Waals surface area contributed by atoms with Gasteiger partial charge in [0.05, 0.1) is 6.61 Å². The number of hydrogen-bond donors (Lipinski definition) is 0. The molecule has 0 N–H and O–H groups in total. The van der Waals surface area contributed by atoms with Crippen molar-refractivity contribution >= 4 is 11.9 Å². The second-order valence-corrected chi connectivity index (χ2v) is 17.4. The molecule has 0 fully saturated rings. The molecule has 0 radical (unpaired) electrons. The van der Waals surface area contributed by atoms with E-state index < -0.39 is 6.10 Å². The summed E-state index contributed by atoms with van der Waals surface area (Å²) < 4.78 is 17.4. The highest BCUT2D eigenvalue weighted by Gasteiger charge is 2.17. The van der Waals surface area contributed by atoms with Crippen molar-refractivity contribution in [1.29, 1.82) is 0 Å². The molecule has 0 aliphatic rings. The Labute approximate surface area is 385 Å². The smallest absolute Gasteiger partial charge is 0.306 e. The summed E-state index contributed by atoms with van der Waals surface area (Å²) in [5, 5.41) is 0. The van der Waals surface area contributed by atoms with Crippen molar-refractivity contribution in [2.24, 2.45) is 0 Å². The van der Waals surface area contributed by atoms with Crippen LogP contribution in [0.5, 0.6) is 0 Å². The first-order valence-electron chi connectivity index (χ1n) is 26.5. The third kappa shape index (κ3) is 50.0. The van der Waals surface area contributed by atoms with Crippen LogP contribution >= 0.6 is 0 Å². The molecule has 62 heavy (non-hydrogen) atoms. The molecule has 0 saturated carbocycles. The average molecular weight is 865 g/mol. The Kier molecular flexibility index (Phi) is 50.4. The lowest BCUT2D eigenvalue weighted by atomic mass is 10.0. The molecular formula is C57H100O5. The van der Waals surface area contributed by atoms with E-state index in [0.29, 0.717) is 19.4 Å². The van der Waals surface area contributed by atoms with Gasteiger partial charge in [-0.15, -0.1) is 0 Å². The number of rotatable bonds is 48. The van der Waals surface area contributed by atoms with E-state index in [4.69, 9.17) is 14.2 Å². The molecule has 0 heterocycles. The van der Waals surface area contributed by atoms with Gasteiger partial charge in [-0.2, -0.15) is 0 Å². The van der Waals surface area contributed by atoms with Gasteiger partial charge >= 0.3 is 11.9 Å². The molecule has 0 amide bonds. The molecule has 0 aromatic rings. The molecule has 0 spiro atoms. The highest BCUT2D eigenvalue weighted by Crippen LogP contribution is 2.15. The Morgan fingerprint density at radius 3 is 1.23 bits per heavy atom. The quantitative estimate of drug-likeness (QED) is 0.0346. The minimum atomic E-state index is -0.554. The Balaban J connectivity index is 4.30. The van der Waals surface area contributed by atoms with Crippen molar-refractivity contribution < 1.29 is 23.8 Å². The number of unbranched alkanes of at least 4 members (excludes halogenated alkanes) is 25. The molecule has 0 aromatic carbocycles. The van der Waals surface area contributed by atoms with Crippen LogP contribution < -0.4 is 0 Å². The highest BCUT2D eigenvalue weighted by molar-refractivity contribution is 5.70. The predicted octanol–water partition coefficient (Wildman–Crippen LogP) is 17.9. The third-order valence-corrected chi connectivity index (χ3v) is 11.2. The van der Waals surface area contributed by atoms with Gasteiger partial charge in [0.25, 0.3) is 0 Å². The molecule has 0 aromatic heterocycles. The van der Waals surface area contributed by atoms with Gasteiger partial charge in [-0.1, -0.05) is 229 Å². The summed E-state index contributed by atoms with van der Waals surface area (Å²) in [5.41, 5.74) is 0. The van der Waals surface area contributed by atoms with E-state index in [9.17, 15) is 9.59 Å². The first kappa shape index (κ1) is 59.3. The molecule has 0 aliphatic heterocycles. The number of carbonyl (C=O) groups is 2. The predicted molar refractivity (Wildman–Crippen MR) is 270 cm³/mol. The summed E-state index contributed by atoms with van der Waals surface area (Å²) in [6.07, 6.45) is 67.7. The molecule has 0 saturated heterocycles. The zero-order chi connectivity index (χ0) is 44.9. The van der Waals surface area contributed by atoms with E-state index >= 15 is 0 Å². The number of allylic oxidation sites excluding steroid dienone is 12. The van der Waals surface area contributed by atoms with Crippen molar-refractivity contribution in [3.05, 3.63) is 72.9 Å². The summed E-state index contributed by atoms with van der Waals surface area (Å²) in [6.45, 7) is 7.62. The molecule has 0 aliphatic carbocycles. The minimum Gasteiger partial charge on any atom is -0.462 e. The van der Waals surface area contributed by atoms with E-state index in [1.807, 2.05) is 0 Å². The van der Waals surface area contributed by atoms with Crippen molar-refractivity contribution in [1.82, 2.24) is 0 Å². The standard InChI is InChI=1S/C57H100O5/c1-4-7-10-13-16-19-22-25-27-28-29-31-34-37-40-43-46-49-52-60-53-55(62-57(59)51-48-45-42-39-36-32-24-21-18-15-12-9-6-3)54-61-56(58)50-47-44-41-38-35-33-30-26-23-20-17-14-11-8-5-2/h7,10,12,15-16,19,21,24-25,27,29,31,55H,4-6,8-9,11,13-14,17-18,20,22-23,26,28,30,32-54H2,1-3H3/b10-7-,15-12-,19-16-,24-21-,27-25-,31-29-. The maximum atomic E-state index is 12.8. The van der Waals surface area contributed by atoms with Gasteiger partial charge in [0.1, 0.15) is 6.61 Å². The van der Waals surface area contributed by atoms with Gasteiger partial charge in [0, 0.05) is 19.4 Å². The minimum absolute atomic E-state index is 0.0719. The van der Waals surface area contributed by atoms with E-state index in [2.05, 4.69) is 93.7 Å². The first-order chi connectivity index (χ1) is 30.6. The van der Waals surface area contributed by atoms with Crippen LogP contribution in [0.1, 0.15) is 252 Å². The summed E-state index contributed by atoms with van der Waals surface area (Å²) in [5.74, 6) is -0.418. The number of ether oxygens (including phenoxy) is 3. The first-order valence-corrected chi connectivity index (χ1v) is 26.5. The second-order valence-electron chi connectivity index (χ2n) is 17.4. The average Bonchev–Trinajstić information content (AvgIpc) is 3.27. The Bertz CT molecular complexity index is 1110. The lowest BCUT2D eigenvalue weighted by molar-refractivity contribution is -0.163. The van der Waals surface area contributed by atoms with E-state index in [1.54, 1.807) is 0 Å². The lowest BCUT2D eigenvalue weighted by Crippen LogP contribution is -2.30. The molecule has 5 nitrogen and oxygen atoms in total. The maximum absolute atomic E-state index is 12.8. The monoisotopic (exact) mass is 865 g/mol. The Morgan fingerprint density at radius 2 is 0.758 bits per heavy atom. The molecule has 1 unspecified atom stereocenters. The topological polar surface area (TPSA) is 61.8 Å². The largest absolute Gasteiger partial charge is 0.462 e. The van der Waals surface area contributed by atoms with Crippen LogP contribution in [0.4, 0.5) is 0 Å². The second kappa shape index (κ2) is 52.7. The summed E-state index contributed by atoms with van der Waals surface area (Å²) in [7, 11) is 0. The third-order valence-electron chi connectivity index (χ3n) is 11.2. The van der Waals surface area contributed by atoms with Gasteiger partial charge in [-0.25, -0.2) is 0 Å². The van der Waals surface area contributed by atoms with Crippen molar-refractivity contribution in [2.45, 2.75) is 258 Å². The highest BCUT2D eigenvalue weighted by atomic mass is 16.6. The van der Waals surface area contributed by atoms with Crippen LogP contribution in [0, 0.1) is 0 Å². The van der Waals surface area contributed by atoms with Crippen LogP contribution in [0.25, 0.3) is 0 Å². The zero-order valence-corrected chi connectivity index (χ0v) is 41.1. The summed E-state index contributed by atoms with van der Waals surface area (Å²) in [6, 6.07) is 0. The molecular weight excluding hydrogens is 765 g/mol. The van der Waals surface area contributed by atoms with Gasteiger partial charge in [-0.3, -0.25) is 9.59 Å². The van der Waals surface area contributed by atoms with Crippen LogP contribution in [0.15, 0.2) is 72.9 Å². The van der Waals surface area contributed by atoms with Crippen LogP contribution in [-0.4, -0.2) is 37.9 Å². The molecule has 5 heteroatoms. The van der Waals surface area contributed by atoms with E-state index in [-0.39, 0.29) is 25.2 Å². The fourth-order valence-corrected chi connectivity index (χ4v) is 7.30. The lowest BCUT2D eigenvalue weighted by Gasteiger charge is -2.18. The normalized spacial score (nSPS) is 12.8. The SMILES string of the molecule is CC/C=C\C/C=C\C/C=C\C/C=C\CCCCCCCOCC(COC(=O)CCCCCCCCCCCCCCCCC)OC(=O)CCCCCCC/C=C\C/C=C\CCC. The molecule has 1 atom stereocenters. The van der Waals surface area contributed by atoms with Crippen LogP contribution in [0.3, 0.4) is 0 Å². The molecule has 358 valence electrons. The molecule has 0 rings (SSSR count). The number of esters is 2. The number of hydrogen-bond acceptors (Lipinski definition) is 5. The Morgan fingerprint density at radius 1 is 0.371 bits per heavy atom. The zero-order valence-electron chi connectivity index (χ0n) is 41.1. The van der Waals surface area contributed by atoms with Crippen molar-refractivity contribution in [3.63, 3.8) is 0 Å². The number of carbonyl (C=O) groups excluding carboxylic acids is 2. The van der Waals surface area contributed by atoms with Gasteiger partial charge < -0.3 is 14.2 Å². The molecule has 0 bridgehead atoms.